The monoisotopic (exact) mass is 558 g/mol. The van der Waals surface area contributed by atoms with Gasteiger partial charge in [0.15, 0.2) is 5.13 Å². The average molecular weight is 559 g/mol. The molecule has 0 bridgehead atoms. The van der Waals surface area contributed by atoms with Crippen molar-refractivity contribution in [1.82, 2.24) is 15.2 Å². The molecule has 6 nitrogen and oxygen atoms in total. The summed E-state index contributed by atoms with van der Waals surface area (Å²) in [6, 6.07) is 14.3. The lowest BCUT2D eigenvalue weighted by atomic mass is 9.89. The van der Waals surface area contributed by atoms with Crippen LogP contribution in [-0.4, -0.2) is 41.3 Å². The summed E-state index contributed by atoms with van der Waals surface area (Å²) in [5.74, 6) is -0.624. The summed E-state index contributed by atoms with van der Waals surface area (Å²) >= 11 is 1.24. The summed E-state index contributed by atoms with van der Waals surface area (Å²) < 4.78 is 39.8. The van der Waals surface area contributed by atoms with Gasteiger partial charge in [0.2, 0.25) is 11.8 Å². The molecule has 1 aliphatic rings. The highest BCUT2D eigenvalue weighted by molar-refractivity contribution is 7.13. The summed E-state index contributed by atoms with van der Waals surface area (Å²) in [5.41, 5.74) is 2.02. The van der Waals surface area contributed by atoms with Crippen molar-refractivity contribution in [2.24, 2.45) is 0 Å². The molecular weight excluding hydrogens is 525 g/mol. The van der Waals surface area contributed by atoms with Crippen molar-refractivity contribution in [2.45, 2.75) is 57.7 Å². The van der Waals surface area contributed by atoms with E-state index in [-0.39, 0.29) is 18.4 Å². The number of nitrogens with zero attached hydrogens (tertiary/aromatic N) is 2. The number of carbonyl (C=O) groups is 2. The highest BCUT2D eigenvalue weighted by Gasteiger charge is 2.31. The number of amides is 2. The first kappa shape index (κ1) is 28.8. The van der Waals surface area contributed by atoms with Crippen LogP contribution in [0.25, 0.3) is 0 Å². The van der Waals surface area contributed by atoms with Gasteiger partial charge in [-0.3, -0.25) is 9.59 Å². The van der Waals surface area contributed by atoms with Crippen LogP contribution in [0, 0.1) is 6.92 Å². The highest BCUT2D eigenvalue weighted by atomic mass is 32.1. The van der Waals surface area contributed by atoms with Gasteiger partial charge in [-0.25, -0.2) is 4.98 Å². The number of hydrogen-bond donors (Lipinski definition) is 2. The molecule has 0 saturated carbocycles. The zero-order valence-corrected chi connectivity index (χ0v) is 22.9. The van der Waals surface area contributed by atoms with Crippen LogP contribution in [0.5, 0.6) is 0 Å². The number of carbonyl (C=O) groups excluding carboxylic acids is 2. The van der Waals surface area contributed by atoms with Crippen LogP contribution < -0.4 is 10.6 Å². The Kier molecular flexibility index (Phi) is 9.40. The van der Waals surface area contributed by atoms with Gasteiger partial charge in [-0.15, -0.1) is 11.3 Å². The van der Waals surface area contributed by atoms with Gasteiger partial charge in [0.25, 0.3) is 0 Å². The van der Waals surface area contributed by atoms with Gasteiger partial charge in [0.05, 0.1) is 17.2 Å². The standard InChI is InChI=1S/C29H33F3N4O2S/c1-19-14-21(16-24(15-19)29(30,31)32)17-33-27(38)25(26-18-39-28(35-26)34-20(2)37)10-13-36-11-8-23(9-12-36)22-6-4-3-5-7-22/h3-7,14-16,18,23,25H,8-13,17H2,1-2H3,(H,33,38)(H,34,35,37)/t25-/m0/s1. The third-order valence-electron chi connectivity index (χ3n) is 7.00. The molecule has 39 heavy (non-hydrogen) atoms. The van der Waals surface area contributed by atoms with Crippen LogP contribution >= 0.6 is 11.3 Å². The average Bonchev–Trinajstić information content (AvgIpc) is 3.35. The fourth-order valence-corrected chi connectivity index (χ4v) is 5.84. The molecule has 2 amide bonds. The number of alkyl halides is 3. The normalized spacial score (nSPS) is 15.6. The van der Waals surface area contributed by atoms with Gasteiger partial charge in [-0.05, 0) is 75.0 Å². The Bertz CT molecular complexity index is 1270. The maximum Gasteiger partial charge on any atom is 0.416 e. The molecule has 208 valence electrons. The Hall–Kier alpha value is -3.24. The van der Waals surface area contributed by atoms with E-state index in [1.165, 1.54) is 23.8 Å². The van der Waals surface area contributed by atoms with Crippen molar-refractivity contribution in [1.29, 1.82) is 0 Å². The van der Waals surface area contributed by atoms with Crippen LogP contribution in [-0.2, 0) is 22.3 Å². The topological polar surface area (TPSA) is 74.3 Å². The number of anilines is 1. The highest BCUT2D eigenvalue weighted by Crippen LogP contribution is 2.32. The largest absolute Gasteiger partial charge is 0.416 e. The lowest BCUT2D eigenvalue weighted by Crippen LogP contribution is -2.36. The fraction of sp³-hybridized carbons (Fsp3) is 0.414. The second kappa shape index (κ2) is 12.7. The van der Waals surface area contributed by atoms with E-state index in [9.17, 15) is 22.8 Å². The van der Waals surface area contributed by atoms with E-state index < -0.39 is 17.7 Å². The SMILES string of the molecule is CC(=O)Nc1nc([C@H](CCN2CCC(c3ccccc3)CC2)C(=O)NCc2cc(C)cc(C(F)(F)F)c2)cs1. The van der Waals surface area contributed by atoms with E-state index in [1.807, 2.05) is 6.07 Å². The summed E-state index contributed by atoms with van der Waals surface area (Å²) in [5, 5.41) is 7.64. The molecule has 0 spiro atoms. The Morgan fingerprint density at radius 1 is 1.13 bits per heavy atom. The van der Waals surface area contributed by atoms with Gasteiger partial charge >= 0.3 is 6.18 Å². The van der Waals surface area contributed by atoms with Crippen molar-refractivity contribution >= 4 is 28.3 Å². The minimum Gasteiger partial charge on any atom is -0.351 e. The summed E-state index contributed by atoms with van der Waals surface area (Å²) in [6.45, 7) is 5.50. The van der Waals surface area contributed by atoms with Crippen LogP contribution in [0.15, 0.2) is 53.9 Å². The Morgan fingerprint density at radius 3 is 2.51 bits per heavy atom. The molecule has 4 rings (SSSR count). The van der Waals surface area contributed by atoms with E-state index in [2.05, 4.69) is 44.8 Å². The molecule has 1 atom stereocenters. The second-order valence-electron chi connectivity index (χ2n) is 10.0. The summed E-state index contributed by atoms with van der Waals surface area (Å²) in [7, 11) is 0. The molecule has 3 aromatic rings. The van der Waals surface area contributed by atoms with Crippen LogP contribution in [0.2, 0.25) is 0 Å². The Labute approximate surface area is 230 Å². The lowest BCUT2D eigenvalue weighted by Gasteiger charge is -2.32. The molecule has 1 aliphatic heterocycles. The molecule has 0 unspecified atom stereocenters. The summed E-state index contributed by atoms with van der Waals surface area (Å²) in [4.78, 5) is 31.6. The van der Waals surface area contributed by atoms with Gasteiger partial charge in [-0.2, -0.15) is 13.2 Å². The minimum absolute atomic E-state index is 0.0226. The number of aryl methyl sites for hydroxylation is 1. The maximum atomic E-state index is 13.4. The number of likely N-dealkylation sites (tertiary alicyclic amines) is 1. The molecule has 10 heteroatoms. The molecule has 0 radical (unpaired) electrons. The van der Waals surface area contributed by atoms with Crippen molar-refractivity contribution in [2.75, 3.05) is 25.0 Å². The number of thiazole rings is 1. The number of rotatable bonds is 9. The summed E-state index contributed by atoms with van der Waals surface area (Å²) in [6.07, 6.45) is -1.87. The zero-order valence-electron chi connectivity index (χ0n) is 22.1. The van der Waals surface area contributed by atoms with E-state index >= 15 is 0 Å². The molecule has 1 saturated heterocycles. The van der Waals surface area contributed by atoms with Gasteiger partial charge in [-0.1, -0.05) is 42.0 Å². The third kappa shape index (κ3) is 8.12. The number of nitrogens with one attached hydrogen (secondary N) is 2. The smallest absolute Gasteiger partial charge is 0.351 e. The van der Waals surface area contributed by atoms with Crippen LogP contribution in [0.3, 0.4) is 0 Å². The van der Waals surface area contributed by atoms with Crippen LogP contribution in [0.4, 0.5) is 18.3 Å². The van der Waals surface area contributed by atoms with Crippen molar-refractivity contribution in [3.8, 4) is 0 Å². The second-order valence-corrected chi connectivity index (χ2v) is 10.9. The molecule has 1 aromatic heterocycles. The molecule has 2 heterocycles. The molecule has 0 aliphatic carbocycles. The van der Waals surface area contributed by atoms with Crippen LogP contribution in [0.1, 0.15) is 66.0 Å². The fourth-order valence-electron chi connectivity index (χ4n) is 5.03. The quantitative estimate of drug-likeness (QED) is 0.333. The number of piperidine rings is 1. The predicted octanol–water partition coefficient (Wildman–Crippen LogP) is 6.10. The lowest BCUT2D eigenvalue weighted by molar-refractivity contribution is -0.137. The van der Waals surface area contributed by atoms with E-state index in [1.54, 1.807) is 18.4 Å². The first-order chi connectivity index (χ1) is 18.6. The van der Waals surface area contributed by atoms with Gasteiger partial charge in [0, 0.05) is 18.8 Å². The Morgan fingerprint density at radius 2 is 1.85 bits per heavy atom. The van der Waals surface area contributed by atoms with Crippen molar-refractivity contribution in [3.63, 3.8) is 0 Å². The number of hydrogen-bond acceptors (Lipinski definition) is 5. The molecule has 1 fully saturated rings. The van der Waals surface area contributed by atoms with Gasteiger partial charge < -0.3 is 15.5 Å². The molecular formula is C29H33F3N4O2S. The third-order valence-corrected chi connectivity index (χ3v) is 7.78. The number of benzene rings is 2. The van der Waals surface area contributed by atoms with Gasteiger partial charge in [0.1, 0.15) is 0 Å². The molecule has 2 N–H and O–H groups in total. The first-order valence-corrected chi connectivity index (χ1v) is 13.9. The molecule has 2 aromatic carbocycles. The van der Waals surface area contributed by atoms with E-state index in [4.69, 9.17) is 0 Å². The Balaban J connectivity index is 1.42. The number of halogens is 3. The van der Waals surface area contributed by atoms with E-state index in [0.717, 1.165) is 38.1 Å². The minimum atomic E-state index is -4.46. The first-order valence-electron chi connectivity index (χ1n) is 13.0. The maximum absolute atomic E-state index is 13.4. The number of aromatic nitrogens is 1. The van der Waals surface area contributed by atoms with Crippen molar-refractivity contribution < 1.29 is 22.8 Å². The predicted molar refractivity (Wildman–Crippen MR) is 147 cm³/mol. The van der Waals surface area contributed by atoms with Crippen molar-refractivity contribution in [3.05, 3.63) is 81.9 Å². The van der Waals surface area contributed by atoms with E-state index in [0.29, 0.717) is 40.8 Å². The zero-order chi connectivity index (χ0) is 28.0.